The number of aryl methyl sites for hydroxylation is 1. The van der Waals surface area contributed by atoms with Gasteiger partial charge in [0, 0.05) is 15.6 Å². The second-order valence-electron chi connectivity index (χ2n) is 6.34. The Hall–Kier alpha value is -2.02. The van der Waals surface area contributed by atoms with Gasteiger partial charge >= 0.3 is 0 Å². The number of amides is 1. The molecule has 28 heavy (non-hydrogen) atoms. The van der Waals surface area contributed by atoms with Crippen LogP contribution in [0.5, 0.6) is 0 Å². The van der Waals surface area contributed by atoms with Gasteiger partial charge in [-0.2, -0.15) is 0 Å². The minimum atomic E-state index is -0.418. The molecule has 3 rings (SSSR count). The van der Waals surface area contributed by atoms with Crippen LogP contribution in [0.1, 0.15) is 31.0 Å². The van der Waals surface area contributed by atoms with Crippen LogP contribution < -0.4 is 5.32 Å². The van der Waals surface area contributed by atoms with Gasteiger partial charge < -0.3 is 9.73 Å². The van der Waals surface area contributed by atoms with E-state index in [0.717, 1.165) is 16.7 Å². The highest BCUT2D eigenvalue weighted by atomic mass is 35.5. The van der Waals surface area contributed by atoms with Crippen LogP contribution in [0.25, 0.3) is 11.5 Å². The Morgan fingerprint density at radius 1 is 1.14 bits per heavy atom. The van der Waals surface area contributed by atoms with Gasteiger partial charge in [0.05, 0.1) is 11.3 Å². The van der Waals surface area contributed by atoms with E-state index in [1.54, 1.807) is 25.1 Å². The molecule has 3 aromatic rings. The van der Waals surface area contributed by atoms with Crippen molar-refractivity contribution in [1.82, 2.24) is 15.5 Å². The van der Waals surface area contributed by atoms with Crippen LogP contribution in [0.15, 0.2) is 52.1 Å². The number of hydrogen-bond donors (Lipinski definition) is 1. The Kier molecular flexibility index (Phi) is 6.65. The third-order valence-electron chi connectivity index (χ3n) is 4.22. The summed E-state index contributed by atoms with van der Waals surface area (Å²) in [6.07, 6.45) is 0. The fraction of sp³-hybridized carbons (Fsp3) is 0.250. The molecule has 0 aliphatic rings. The summed E-state index contributed by atoms with van der Waals surface area (Å²) in [4.78, 5) is 12.5. The number of aromatic nitrogens is 2. The van der Waals surface area contributed by atoms with Crippen LogP contribution in [0.4, 0.5) is 0 Å². The fourth-order valence-corrected chi connectivity index (χ4v) is 3.91. The fourth-order valence-electron chi connectivity index (χ4n) is 2.65. The van der Waals surface area contributed by atoms with Crippen LogP contribution in [0, 0.1) is 6.92 Å². The van der Waals surface area contributed by atoms with E-state index in [0.29, 0.717) is 21.2 Å². The molecule has 2 unspecified atom stereocenters. The number of carbonyl (C=O) groups excluding carboxylic acids is 1. The zero-order valence-electron chi connectivity index (χ0n) is 15.6. The molecule has 1 amide bonds. The number of halogens is 2. The number of nitrogens with one attached hydrogen (secondary N) is 1. The zero-order valence-corrected chi connectivity index (χ0v) is 17.9. The molecule has 8 heteroatoms. The Labute approximate surface area is 177 Å². The maximum atomic E-state index is 12.5. The van der Waals surface area contributed by atoms with Crippen LogP contribution >= 0.6 is 35.0 Å². The molecule has 2 atom stereocenters. The molecule has 0 bridgehead atoms. The predicted octanol–water partition coefficient (Wildman–Crippen LogP) is 5.71. The Balaban J connectivity index is 1.64. The Morgan fingerprint density at radius 2 is 1.89 bits per heavy atom. The van der Waals surface area contributed by atoms with E-state index < -0.39 is 5.25 Å². The Bertz CT molecular complexity index is 993. The molecule has 0 saturated heterocycles. The number of rotatable bonds is 6. The van der Waals surface area contributed by atoms with Crippen molar-refractivity contribution in [3.63, 3.8) is 0 Å². The largest absolute Gasteiger partial charge is 0.411 e. The summed E-state index contributed by atoms with van der Waals surface area (Å²) in [6, 6.07) is 12.7. The topological polar surface area (TPSA) is 68.0 Å². The maximum absolute atomic E-state index is 12.5. The molecule has 2 aromatic carbocycles. The molecule has 146 valence electrons. The van der Waals surface area contributed by atoms with Gasteiger partial charge in [0.15, 0.2) is 0 Å². The molecule has 5 nitrogen and oxygen atoms in total. The van der Waals surface area contributed by atoms with E-state index in [1.807, 2.05) is 38.1 Å². The summed E-state index contributed by atoms with van der Waals surface area (Å²) in [7, 11) is 0. The normalized spacial score (nSPS) is 13.2. The minimum absolute atomic E-state index is 0.154. The average Bonchev–Trinajstić information content (AvgIpc) is 3.10. The lowest BCUT2D eigenvalue weighted by Gasteiger charge is -2.18. The van der Waals surface area contributed by atoms with E-state index in [1.165, 1.54) is 11.8 Å². The Morgan fingerprint density at radius 3 is 2.61 bits per heavy atom. The van der Waals surface area contributed by atoms with Crippen molar-refractivity contribution >= 4 is 40.9 Å². The third kappa shape index (κ3) is 4.87. The minimum Gasteiger partial charge on any atom is -0.411 e. The lowest BCUT2D eigenvalue weighted by molar-refractivity contribution is -0.120. The van der Waals surface area contributed by atoms with Gasteiger partial charge in [-0.25, -0.2) is 0 Å². The van der Waals surface area contributed by atoms with Crippen molar-refractivity contribution in [2.24, 2.45) is 0 Å². The van der Waals surface area contributed by atoms with Gasteiger partial charge in [-0.3, -0.25) is 4.79 Å². The van der Waals surface area contributed by atoms with E-state index in [4.69, 9.17) is 27.6 Å². The predicted molar refractivity (Wildman–Crippen MR) is 113 cm³/mol. The maximum Gasteiger partial charge on any atom is 0.277 e. The van der Waals surface area contributed by atoms with Crippen molar-refractivity contribution in [2.75, 3.05) is 0 Å². The molecule has 0 fully saturated rings. The summed E-state index contributed by atoms with van der Waals surface area (Å²) in [5, 5.41) is 12.1. The lowest BCUT2D eigenvalue weighted by Crippen LogP contribution is -2.33. The molecule has 0 aliphatic carbocycles. The van der Waals surface area contributed by atoms with Crippen LogP contribution in [0.2, 0.25) is 10.0 Å². The monoisotopic (exact) mass is 435 g/mol. The van der Waals surface area contributed by atoms with Crippen molar-refractivity contribution in [3.05, 3.63) is 63.6 Å². The highest BCUT2D eigenvalue weighted by Crippen LogP contribution is 2.29. The average molecular weight is 436 g/mol. The van der Waals surface area contributed by atoms with Crippen LogP contribution in [0.3, 0.4) is 0 Å². The van der Waals surface area contributed by atoms with Crippen molar-refractivity contribution in [2.45, 2.75) is 37.3 Å². The van der Waals surface area contributed by atoms with Crippen molar-refractivity contribution < 1.29 is 9.21 Å². The molecule has 1 N–H and O–H groups in total. The number of thioether (sulfide) groups is 1. The number of benzene rings is 2. The summed E-state index contributed by atoms with van der Waals surface area (Å²) in [5.74, 6) is 0.286. The van der Waals surface area contributed by atoms with Crippen LogP contribution in [-0.4, -0.2) is 21.4 Å². The third-order valence-corrected chi connectivity index (χ3v) is 5.71. The zero-order chi connectivity index (χ0) is 20.3. The second-order valence-corrected chi connectivity index (χ2v) is 8.48. The van der Waals surface area contributed by atoms with E-state index >= 15 is 0 Å². The molecule has 0 radical (unpaired) electrons. The van der Waals surface area contributed by atoms with E-state index in [9.17, 15) is 4.79 Å². The van der Waals surface area contributed by atoms with Gasteiger partial charge in [0.1, 0.15) is 0 Å². The highest BCUT2D eigenvalue weighted by molar-refractivity contribution is 8.00. The summed E-state index contributed by atoms with van der Waals surface area (Å²) >= 11 is 13.4. The molecule has 1 heterocycles. The highest BCUT2D eigenvalue weighted by Gasteiger charge is 2.21. The molecule has 1 aromatic heterocycles. The first-order chi connectivity index (χ1) is 13.3. The van der Waals surface area contributed by atoms with Gasteiger partial charge in [0.2, 0.25) is 11.8 Å². The molecule has 0 aliphatic heterocycles. The molecule has 0 saturated carbocycles. The van der Waals surface area contributed by atoms with Crippen LogP contribution in [-0.2, 0) is 4.79 Å². The SMILES string of the molecule is Cc1ccccc1-c1nnc(SC(C)C(=O)NC(C)c2ccc(Cl)cc2Cl)o1. The molecule has 0 spiro atoms. The summed E-state index contributed by atoms with van der Waals surface area (Å²) < 4.78 is 5.72. The van der Waals surface area contributed by atoms with Gasteiger partial charge in [0.25, 0.3) is 5.22 Å². The first-order valence-corrected chi connectivity index (χ1v) is 10.3. The number of hydrogen-bond acceptors (Lipinski definition) is 5. The standard InChI is InChI=1S/C20H19Cl2N3O2S/c1-11-6-4-5-7-15(11)19-24-25-20(27-19)28-13(3)18(26)23-12(2)16-9-8-14(21)10-17(16)22/h4-10,12-13H,1-3H3,(H,23,26). The molecular weight excluding hydrogens is 417 g/mol. The number of nitrogens with zero attached hydrogens (tertiary/aromatic N) is 2. The smallest absolute Gasteiger partial charge is 0.277 e. The second kappa shape index (κ2) is 8.99. The quantitative estimate of drug-likeness (QED) is 0.502. The van der Waals surface area contributed by atoms with Crippen molar-refractivity contribution in [1.29, 1.82) is 0 Å². The first-order valence-electron chi connectivity index (χ1n) is 8.66. The summed E-state index contributed by atoms with van der Waals surface area (Å²) in [6.45, 7) is 5.63. The van der Waals surface area contributed by atoms with Gasteiger partial charge in [-0.1, -0.05) is 59.2 Å². The lowest BCUT2D eigenvalue weighted by atomic mass is 10.1. The van der Waals surface area contributed by atoms with Crippen molar-refractivity contribution in [3.8, 4) is 11.5 Å². The van der Waals surface area contributed by atoms with Gasteiger partial charge in [-0.15, -0.1) is 10.2 Å². The van der Waals surface area contributed by atoms with E-state index in [2.05, 4.69) is 15.5 Å². The molecular formula is C20H19Cl2N3O2S. The first kappa shape index (κ1) is 20.7. The number of carbonyl (C=O) groups is 1. The summed E-state index contributed by atoms with van der Waals surface area (Å²) in [5.41, 5.74) is 2.73. The van der Waals surface area contributed by atoms with Gasteiger partial charge in [-0.05, 0) is 50.1 Å². The van der Waals surface area contributed by atoms with E-state index in [-0.39, 0.29) is 11.9 Å².